The molecule has 0 spiro atoms. The lowest BCUT2D eigenvalue weighted by molar-refractivity contribution is 0.556. The first-order valence-corrected chi connectivity index (χ1v) is 9.03. The van der Waals surface area contributed by atoms with Crippen LogP contribution in [0, 0.1) is 0 Å². The summed E-state index contributed by atoms with van der Waals surface area (Å²) in [5.74, 6) is 0. The molecule has 1 N–H and O–H groups in total. The quantitative estimate of drug-likeness (QED) is 0.824. The van der Waals surface area contributed by atoms with E-state index < -0.39 is 16.1 Å². The summed E-state index contributed by atoms with van der Waals surface area (Å²) in [6, 6.07) is 8.78. The van der Waals surface area contributed by atoms with Crippen LogP contribution >= 0.6 is 27.5 Å². The fourth-order valence-electron chi connectivity index (χ4n) is 2.46. The van der Waals surface area contributed by atoms with Crippen molar-refractivity contribution < 1.29 is 8.42 Å². The van der Waals surface area contributed by atoms with E-state index in [1.807, 2.05) is 24.3 Å². The summed E-state index contributed by atoms with van der Waals surface area (Å²) in [6.07, 6.45) is 3.51. The molecule has 0 radical (unpaired) electrons. The highest BCUT2D eigenvalue weighted by molar-refractivity contribution is 9.10. The summed E-state index contributed by atoms with van der Waals surface area (Å²) in [5, 5.41) is -0.294. The molecule has 1 aliphatic carbocycles. The van der Waals surface area contributed by atoms with Crippen molar-refractivity contribution in [2.45, 2.75) is 22.7 Å². The van der Waals surface area contributed by atoms with E-state index >= 15 is 0 Å². The Labute approximate surface area is 136 Å². The predicted molar refractivity (Wildman–Crippen MR) is 84.8 cm³/mol. The fourth-order valence-corrected chi connectivity index (χ4v) is 4.66. The van der Waals surface area contributed by atoms with Crippen LogP contribution in [0.5, 0.6) is 0 Å². The molecule has 1 aromatic heterocycles. The van der Waals surface area contributed by atoms with E-state index in [9.17, 15) is 8.42 Å². The van der Waals surface area contributed by atoms with Gasteiger partial charge in [-0.1, -0.05) is 24.3 Å². The Balaban J connectivity index is 1.93. The number of nitrogens with one attached hydrogen (secondary N) is 1. The van der Waals surface area contributed by atoms with Gasteiger partial charge in [0.25, 0.3) is 0 Å². The van der Waals surface area contributed by atoms with Crippen molar-refractivity contribution in [3.05, 3.63) is 58.3 Å². The zero-order valence-corrected chi connectivity index (χ0v) is 14.0. The molecule has 1 heterocycles. The maximum Gasteiger partial charge on any atom is 0.242 e. The van der Waals surface area contributed by atoms with Gasteiger partial charge in [0.2, 0.25) is 10.0 Å². The van der Waals surface area contributed by atoms with Gasteiger partial charge in [-0.3, -0.25) is 4.98 Å². The van der Waals surface area contributed by atoms with Gasteiger partial charge in [0.05, 0.1) is 11.4 Å². The highest BCUT2D eigenvalue weighted by atomic mass is 79.9. The van der Waals surface area contributed by atoms with Crippen molar-refractivity contribution in [1.82, 2.24) is 9.71 Å². The standard InChI is InChI=1S/C14H12BrClN2O2S/c15-10-6-11(8-17-7-10)21(19,20)18-14-12-4-2-1-3-9(12)5-13(14)16/h1-4,6-8,13-14,18H,5H2. The van der Waals surface area contributed by atoms with E-state index in [2.05, 4.69) is 25.6 Å². The Morgan fingerprint density at radius 3 is 2.81 bits per heavy atom. The van der Waals surface area contributed by atoms with Crippen LogP contribution in [-0.2, 0) is 16.4 Å². The lowest BCUT2D eigenvalue weighted by Gasteiger charge is -2.17. The smallest absolute Gasteiger partial charge is 0.242 e. The van der Waals surface area contributed by atoms with Gasteiger partial charge in [0.1, 0.15) is 4.90 Å². The molecule has 0 fully saturated rings. The molecule has 0 saturated carbocycles. The van der Waals surface area contributed by atoms with Gasteiger partial charge in [0.15, 0.2) is 0 Å². The Bertz CT molecular complexity index is 782. The van der Waals surface area contributed by atoms with Gasteiger partial charge in [-0.05, 0) is 39.5 Å². The molecule has 0 aliphatic heterocycles. The molecule has 21 heavy (non-hydrogen) atoms. The Morgan fingerprint density at radius 2 is 2.05 bits per heavy atom. The zero-order chi connectivity index (χ0) is 15.0. The van der Waals surface area contributed by atoms with E-state index in [4.69, 9.17) is 11.6 Å². The first-order valence-electron chi connectivity index (χ1n) is 6.32. The lowest BCUT2D eigenvalue weighted by Crippen LogP contribution is -2.32. The normalized spacial score (nSPS) is 21.2. The summed E-state index contributed by atoms with van der Waals surface area (Å²) in [5.41, 5.74) is 2.02. The third-order valence-electron chi connectivity index (χ3n) is 3.44. The highest BCUT2D eigenvalue weighted by Crippen LogP contribution is 2.35. The van der Waals surface area contributed by atoms with Crippen molar-refractivity contribution in [2.24, 2.45) is 0 Å². The van der Waals surface area contributed by atoms with Crippen LogP contribution in [0.2, 0.25) is 0 Å². The van der Waals surface area contributed by atoms with Gasteiger partial charge in [0, 0.05) is 16.9 Å². The number of sulfonamides is 1. The second-order valence-corrected chi connectivity index (χ2v) is 8.05. The average Bonchev–Trinajstić information content (AvgIpc) is 2.75. The van der Waals surface area contributed by atoms with Crippen LogP contribution in [0.25, 0.3) is 0 Å². The summed E-state index contributed by atoms with van der Waals surface area (Å²) in [7, 11) is -3.67. The zero-order valence-electron chi connectivity index (χ0n) is 10.8. The van der Waals surface area contributed by atoms with Gasteiger partial charge in [-0.25, -0.2) is 13.1 Å². The summed E-state index contributed by atoms with van der Waals surface area (Å²) in [6.45, 7) is 0. The third-order valence-corrected chi connectivity index (χ3v) is 5.69. The van der Waals surface area contributed by atoms with E-state index in [0.717, 1.165) is 11.1 Å². The topological polar surface area (TPSA) is 59.1 Å². The van der Waals surface area contributed by atoms with E-state index in [1.54, 1.807) is 0 Å². The Hall–Kier alpha value is -0.950. The number of halogens is 2. The maximum absolute atomic E-state index is 12.5. The van der Waals surface area contributed by atoms with Crippen molar-refractivity contribution in [2.75, 3.05) is 0 Å². The fraction of sp³-hybridized carbons (Fsp3) is 0.214. The molecular formula is C14H12BrClN2O2S. The number of benzene rings is 1. The van der Waals surface area contributed by atoms with Crippen molar-refractivity contribution >= 4 is 37.6 Å². The first kappa shape index (κ1) is 15.0. The molecule has 2 atom stereocenters. The SMILES string of the molecule is O=S(=O)(NC1c2ccccc2CC1Cl)c1cncc(Br)c1. The minimum absolute atomic E-state index is 0.116. The van der Waals surface area contributed by atoms with E-state index in [1.165, 1.54) is 18.5 Å². The third kappa shape index (κ3) is 2.99. The monoisotopic (exact) mass is 386 g/mol. The Kier molecular flexibility index (Phi) is 4.05. The minimum Gasteiger partial charge on any atom is -0.262 e. The Morgan fingerprint density at radius 1 is 1.29 bits per heavy atom. The largest absolute Gasteiger partial charge is 0.262 e. The molecule has 1 aromatic carbocycles. The second kappa shape index (κ2) is 5.68. The molecule has 0 bridgehead atoms. The van der Waals surface area contributed by atoms with Crippen LogP contribution in [0.1, 0.15) is 17.2 Å². The van der Waals surface area contributed by atoms with Crippen LogP contribution < -0.4 is 4.72 Å². The van der Waals surface area contributed by atoms with Crippen molar-refractivity contribution in [1.29, 1.82) is 0 Å². The second-order valence-electron chi connectivity index (χ2n) is 4.86. The molecule has 2 unspecified atom stereocenters. The van der Waals surface area contributed by atoms with Gasteiger partial charge < -0.3 is 0 Å². The molecule has 2 aromatic rings. The number of fused-ring (bicyclic) bond motifs is 1. The van der Waals surface area contributed by atoms with E-state index in [-0.39, 0.29) is 10.3 Å². The number of alkyl halides is 1. The summed E-state index contributed by atoms with van der Waals surface area (Å²) < 4.78 is 28.2. The molecular weight excluding hydrogens is 376 g/mol. The molecule has 0 saturated heterocycles. The highest BCUT2D eigenvalue weighted by Gasteiger charge is 2.34. The van der Waals surface area contributed by atoms with Crippen LogP contribution in [0.3, 0.4) is 0 Å². The van der Waals surface area contributed by atoms with E-state index in [0.29, 0.717) is 10.9 Å². The predicted octanol–water partition coefficient (Wildman–Crippen LogP) is 3.03. The van der Waals surface area contributed by atoms with Gasteiger partial charge >= 0.3 is 0 Å². The molecule has 4 nitrogen and oxygen atoms in total. The number of hydrogen-bond acceptors (Lipinski definition) is 3. The molecule has 110 valence electrons. The van der Waals surface area contributed by atoms with Gasteiger partial charge in [-0.2, -0.15) is 0 Å². The maximum atomic E-state index is 12.5. The minimum atomic E-state index is -3.67. The van der Waals surface area contributed by atoms with Gasteiger partial charge in [-0.15, -0.1) is 11.6 Å². The summed E-state index contributed by atoms with van der Waals surface area (Å²) in [4.78, 5) is 4.01. The molecule has 0 amide bonds. The number of pyridine rings is 1. The van der Waals surface area contributed by atoms with Crippen LogP contribution in [0.4, 0.5) is 0 Å². The van der Waals surface area contributed by atoms with Crippen LogP contribution in [-0.4, -0.2) is 18.8 Å². The average molecular weight is 388 g/mol. The van der Waals surface area contributed by atoms with Crippen LogP contribution in [0.15, 0.2) is 52.1 Å². The summed E-state index contributed by atoms with van der Waals surface area (Å²) >= 11 is 9.54. The number of rotatable bonds is 3. The van der Waals surface area contributed by atoms with Crippen molar-refractivity contribution in [3.8, 4) is 0 Å². The van der Waals surface area contributed by atoms with Crippen molar-refractivity contribution in [3.63, 3.8) is 0 Å². The number of hydrogen-bond donors (Lipinski definition) is 1. The number of aromatic nitrogens is 1. The molecule has 1 aliphatic rings. The molecule has 7 heteroatoms. The lowest BCUT2D eigenvalue weighted by atomic mass is 10.1. The number of nitrogens with zero attached hydrogens (tertiary/aromatic N) is 1. The molecule has 3 rings (SSSR count). The first-order chi connectivity index (χ1) is 9.97.